The highest BCUT2D eigenvalue weighted by Crippen LogP contribution is 2.36. The first-order valence-electron chi connectivity index (χ1n) is 17.3. The molecule has 0 saturated heterocycles. The topological polar surface area (TPSA) is 117 Å². The lowest BCUT2D eigenvalue weighted by molar-refractivity contribution is 0.0197. The fourth-order valence-corrected chi connectivity index (χ4v) is 8.13. The fraction of sp³-hybridized carbons (Fsp3) is 0.500. The molecule has 0 aliphatic rings. The number of nitrogens with one attached hydrogen (secondary N) is 1. The molecule has 0 aliphatic carbocycles. The van der Waals surface area contributed by atoms with Gasteiger partial charge in [0.15, 0.2) is 18.4 Å². The van der Waals surface area contributed by atoms with Gasteiger partial charge in [-0.3, -0.25) is 4.31 Å². The Morgan fingerprint density at radius 1 is 0.981 bits per heavy atom. The third kappa shape index (κ3) is 11.4. The molecule has 0 saturated carbocycles. The van der Waals surface area contributed by atoms with E-state index in [0.717, 1.165) is 34.8 Å². The number of nitrogens with zero attached hydrogens (tertiary/aromatic N) is 4. The summed E-state index contributed by atoms with van der Waals surface area (Å²) >= 11 is 2.19. The number of aromatic nitrogens is 3. The molecule has 52 heavy (non-hydrogen) atoms. The zero-order valence-electron chi connectivity index (χ0n) is 32.0. The Morgan fingerprint density at radius 2 is 1.65 bits per heavy atom. The second-order valence-electron chi connectivity index (χ2n) is 15.2. The van der Waals surface area contributed by atoms with Gasteiger partial charge >= 0.3 is 0 Å². The van der Waals surface area contributed by atoms with E-state index in [1.54, 1.807) is 18.2 Å². The predicted octanol–water partition coefficient (Wildman–Crippen LogP) is 8.42. The number of pyridine rings is 1. The van der Waals surface area contributed by atoms with Gasteiger partial charge in [-0.05, 0) is 76.5 Å². The Kier molecular flexibility index (Phi) is 14.2. The Morgan fingerprint density at radius 3 is 2.27 bits per heavy atom. The van der Waals surface area contributed by atoms with E-state index in [-0.39, 0.29) is 25.8 Å². The van der Waals surface area contributed by atoms with Crippen LogP contribution < -0.4 is 19.1 Å². The Balaban J connectivity index is 1.75. The normalized spacial score (nSPS) is 12.4. The summed E-state index contributed by atoms with van der Waals surface area (Å²) in [6.07, 6.45) is 1.76. The first-order chi connectivity index (χ1) is 24.3. The van der Waals surface area contributed by atoms with E-state index in [1.165, 1.54) is 24.5 Å². The molecule has 4 rings (SSSR count). The molecule has 0 amide bonds. The summed E-state index contributed by atoms with van der Waals surface area (Å²) in [4.78, 5) is 5.05. The van der Waals surface area contributed by atoms with Gasteiger partial charge in [-0.2, -0.15) is 5.10 Å². The van der Waals surface area contributed by atoms with Crippen molar-refractivity contribution in [1.82, 2.24) is 14.8 Å². The van der Waals surface area contributed by atoms with Crippen LogP contribution >= 0.6 is 22.6 Å². The molecule has 11 nitrogen and oxygen atoms in total. The molecule has 0 fully saturated rings. The van der Waals surface area contributed by atoms with Gasteiger partial charge in [-0.1, -0.05) is 52.3 Å². The maximum absolute atomic E-state index is 15.7. The minimum Gasteiger partial charge on any atom is -0.497 e. The van der Waals surface area contributed by atoms with Crippen molar-refractivity contribution in [3.8, 4) is 22.8 Å². The number of halogens is 2. The van der Waals surface area contributed by atoms with Crippen molar-refractivity contribution in [2.24, 2.45) is 0 Å². The summed E-state index contributed by atoms with van der Waals surface area (Å²) in [5, 5.41) is 9.04. The molecule has 0 bridgehead atoms. The van der Waals surface area contributed by atoms with E-state index in [2.05, 4.69) is 67.2 Å². The molecule has 2 heterocycles. The van der Waals surface area contributed by atoms with Crippen LogP contribution in [0.15, 0.2) is 36.4 Å². The quantitative estimate of drug-likeness (QED) is 0.0429. The second kappa shape index (κ2) is 17.6. The van der Waals surface area contributed by atoms with Gasteiger partial charge in [0.1, 0.15) is 22.0 Å². The number of hydrogen-bond acceptors (Lipinski definition) is 9. The Hall–Kier alpha value is -2.78. The molecule has 4 aromatic rings. The van der Waals surface area contributed by atoms with Gasteiger partial charge in [0.2, 0.25) is 10.0 Å². The van der Waals surface area contributed by atoms with Gasteiger partial charge in [0, 0.05) is 54.6 Å². The zero-order chi connectivity index (χ0) is 38.4. The summed E-state index contributed by atoms with van der Waals surface area (Å²) in [5.41, 5.74) is 3.98. The number of benzene rings is 2. The molecular weight excluding hydrogens is 833 g/mol. The first-order valence-corrected chi connectivity index (χ1v) is 27.7. The van der Waals surface area contributed by atoms with Gasteiger partial charge in [0.25, 0.3) is 0 Å². The Labute approximate surface area is 323 Å². The summed E-state index contributed by atoms with van der Waals surface area (Å²) in [6.45, 7) is 17.4. The molecule has 2 aromatic carbocycles. The monoisotopic (exact) mass is 885 g/mol. The molecule has 0 unspecified atom stereocenters. The lowest BCUT2D eigenvalue weighted by Gasteiger charge is -2.22. The van der Waals surface area contributed by atoms with Gasteiger partial charge in [-0.25, -0.2) is 22.5 Å². The van der Waals surface area contributed by atoms with Crippen LogP contribution in [0.2, 0.25) is 51.4 Å². The first kappa shape index (κ1) is 42.0. The average molecular weight is 886 g/mol. The lowest BCUT2D eigenvalue weighted by atomic mass is 10.0. The number of rotatable bonds is 19. The molecular formula is C36H53FIN5O6SSi2. The summed E-state index contributed by atoms with van der Waals surface area (Å²) in [6, 6.07) is 12.4. The second-order valence-corrected chi connectivity index (χ2v) is 29.5. The zero-order valence-corrected chi connectivity index (χ0v) is 37.0. The van der Waals surface area contributed by atoms with E-state index >= 15 is 4.39 Å². The van der Waals surface area contributed by atoms with Crippen molar-refractivity contribution >= 4 is 71.2 Å². The van der Waals surface area contributed by atoms with Crippen LogP contribution in [0.5, 0.6) is 11.5 Å². The number of hydrogen-bond donors (Lipinski definition) is 1. The van der Waals surface area contributed by atoms with E-state index in [9.17, 15) is 8.42 Å². The smallest absolute Gasteiger partial charge is 0.232 e. The van der Waals surface area contributed by atoms with Crippen molar-refractivity contribution in [2.75, 3.05) is 50.0 Å². The van der Waals surface area contributed by atoms with Gasteiger partial charge in [-0.15, -0.1) is 0 Å². The third-order valence-corrected chi connectivity index (χ3v) is 13.9. The third-order valence-electron chi connectivity index (χ3n) is 8.59. The van der Waals surface area contributed by atoms with Gasteiger partial charge in [0.05, 0.1) is 35.6 Å². The minimum absolute atomic E-state index is 0.0284. The van der Waals surface area contributed by atoms with Crippen LogP contribution in [0.3, 0.4) is 0 Å². The van der Waals surface area contributed by atoms with Crippen LogP contribution in [-0.4, -0.2) is 79.7 Å². The summed E-state index contributed by atoms with van der Waals surface area (Å²) in [5.74, 6) is 0.668. The number of anilines is 2. The van der Waals surface area contributed by atoms with Crippen molar-refractivity contribution < 1.29 is 31.8 Å². The van der Waals surface area contributed by atoms with Gasteiger partial charge < -0.3 is 24.3 Å². The maximum Gasteiger partial charge on any atom is 0.232 e. The van der Waals surface area contributed by atoms with Crippen LogP contribution in [0.25, 0.3) is 22.2 Å². The number of fused-ring (bicyclic) bond motifs is 1. The van der Waals surface area contributed by atoms with Crippen molar-refractivity contribution in [2.45, 2.75) is 78.0 Å². The standard InChI is InChI=1S/C36H53FIN5O6SSi2/c1-11-25-18-33(49-24-48-15-17-52(8,9)10)29(37)20-28(25)30-21-32-34(35(38)41-43(32)23-47-14-16-51(5,6)7)36(40-30)39-22-26-12-13-27(46-3)19-31(26)42(2)50(4,44)45/h12-13,18-21H,11,14-17,22-24H2,1-10H3,(H,39,40). The van der Waals surface area contributed by atoms with Crippen LogP contribution in [0, 0.1) is 9.52 Å². The van der Waals surface area contributed by atoms with E-state index < -0.39 is 32.0 Å². The number of sulfonamides is 1. The number of aryl methyl sites for hydroxylation is 1. The molecule has 0 spiro atoms. The van der Waals surface area contributed by atoms with Crippen molar-refractivity contribution in [3.05, 3.63) is 57.0 Å². The SMILES string of the molecule is CCc1cc(OCOCC[Si](C)(C)C)c(F)cc1-c1cc2c(c(I)nn2COCC[Si](C)(C)C)c(NCc2ccc(OC)cc2N(C)S(C)(=O)=O)n1. The van der Waals surface area contributed by atoms with Crippen LogP contribution in [-0.2, 0) is 39.2 Å². The maximum atomic E-state index is 15.7. The molecule has 0 radical (unpaired) electrons. The molecule has 286 valence electrons. The molecule has 1 N–H and O–H groups in total. The largest absolute Gasteiger partial charge is 0.497 e. The minimum atomic E-state index is -3.56. The predicted molar refractivity (Wildman–Crippen MR) is 222 cm³/mol. The molecule has 0 atom stereocenters. The highest BCUT2D eigenvalue weighted by molar-refractivity contribution is 14.1. The number of ether oxygens (including phenoxy) is 4. The van der Waals surface area contributed by atoms with E-state index in [1.807, 2.05) is 23.7 Å². The highest BCUT2D eigenvalue weighted by Gasteiger charge is 2.22. The molecule has 2 aromatic heterocycles. The summed E-state index contributed by atoms with van der Waals surface area (Å²) in [7, 11) is -3.08. The Bertz CT molecular complexity index is 1970. The summed E-state index contributed by atoms with van der Waals surface area (Å²) < 4.78 is 67.5. The fourth-order valence-electron chi connectivity index (χ4n) is 5.29. The highest BCUT2D eigenvalue weighted by atomic mass is 127. The molecule has 0 aliphatic heterocycles. The lowest BCUT2D eigenvalue weighted by Crippen LogP contribution is -2.26. The number of methoxy groups -OCH3 is 1. The van der Waals surface area contributed by atoms with Crippen LogP contribution in [0.1, 0.15) is 18.1 Å². The van der Waals surface area contributed by atoms with Crippen molar-refractivity contribution in [1.29, 1.82) is 0 Å². The van der Waals surface area contributed by atoms with E-state index in [4.69, 9.17) is 29.0 Å². The van der Waals surface area contributed by atoms with Crippen LogP contribution in [0.4, 0.5) is 15.9 Å². The van der Waals surface area contributed by atoms with Crippen molar-refractivity contribution in [3.63, 3.8) is 0 Å². The average Bonchev–Trinajstić information content (AvgIpc) is 3.38. The molecule has 16 heteroatoms. The van der Waals surface area contributed by atoms with E-state index in [0.29, 0.717) is 57.4 Å².